The molecule has 1 heterocycles. The molecule has 1 aromatic heterocycles. The van der Waals surface area contributed by atoms with E-state index >= 15 is 0 Å². The Morgan fingerprint density at radius 1 is 1.33 bits per heavy atom. The van der Waals surface area contributed by atoms with Gasteiger partial charge in [0.1, 0.15) is 5.54 Å². The third-order valence-electron chi connectivity index (χ3n) is 3.01. The van der Waals surface area contributed by atoms with E-state index in [0.29, 0.717) is 0 Å². The van der Waals surface area contributed by atoms with Crippen molar-refractivity contribution in [2.24, 2.45) is 4.99 Å². The first-order chi connectivity index (χ1) is 7.34. The van der Waals surface area contributed by atoms with Crippen LogP contribution in [0.5, 0.6) is 0 Å². The van der Waals surface area contributed by atoms with Crippen LogP contribution in [0, 0.1) is 0 Å². The number of nitrogens with zero attached hydrogens (tertiary/aromatic N) is 1. The number of hydrogen-bond acceptors (Lipinski definition) is 2. The summed E-state index contributed by atoms with van der Waals surface area (Å²) in [4.78, 5) is 17.6. The first kappa shape index (κ1) is 8.45. The van der Waals surface area contributed by atoms with Crippen LogP contribution >= 0.6 is 0 Å². The molecule has 0 unspecified atom stereocenters. The van der Waals surface area contributed by atoms with Crippen molar-refractivity contribution in [3.05, 3.63) is 36.0 Å². The van der Waals surface area contributed by atoms with Crippen LogP contribution in [-0.4, -0.2) is 11.1 Å². The fraction of sp³-hybridized carbons (Fsp3) is 0.250. The summed E-state index contributed by atoms with van der Waals surface area (Å²) in [6.07, 6.45) is 3.55. The van der Waals surface area contributed by atoms with Crippen LogP contribution < -0.4 is 0 Å². The number of benzene rings is 1. The molecule has 1 fully saturated rings. The normalized spacial score (nSPS) is 17.3. The van der Waals surface area contributed by atoms with Gasteiger partial charge in [-0.05, 0) is 30.4 Å². The van der Waals surface area contributed by atoms with Gasteiger partial charge in [-0.1, -0.05) is 18.2 Å². The van der Waals surface area contributed by atoms with Crippen LogP contribution in [0.25, 0.3) is 10.9 Å². The average molecular weight is 198 g/mol. The zero-order valence-corrected chi connectivity index (χ0v) is 8.16. The first-order valence-electron chi connectivity index (χ1n) is 5.01. The summed E-state index contributed by atoms with van der Waals surface area (Å²) in [6, 6.07) is 10.1. The monoisotopic (exact) mass is 198 g/mol. The molecule has 3 heteroatoms. The number of para-hydroxylation sites is 1. The maximum Gasteiger partial charge on any atom is 0.235 e. The van der Waals surface area contributed by atoms with E-state index in [4.69, 9.17) is 0 Å². The highest BCUT2D eigenvalue weighted by Crippen LogP contribution is 2.49. The predicted molar refractivity (Wildman–Crippen MR) is 57.3 cm³/mol. The van der Waals surface area contributed by atoms with Crippen LogP contribution in [0.4, 0.5) is 0 Å². The summed E-state index contributed by atoms with van der Waals surface area (Å²) < 4.78 is 0. The Balaban J connectivity index is 2.16. The van der Waals surface area contributed by atoms with Crippen LogP contribution in [0.2, 0.25) is 0 Å². The van der Waals surface area contributed by atoms with E-state index in [1.807, 2.05) is 18.2 Å². The van der Waals surface area contributed by atoms with E-state index in [1.54, 1.807) is 6.08 Å². The summed E-state index contributed by atoms with van der Waals surface area (Å²) in [5.74, 6) is 0. The van der Waals surface area contributed by atoms with Gasteiger partial charge in [0, 0.05) is 11.2 Å². The summed E-state index contributed by atoms with van der Waals surface area (Å²) >= 11 is 0. The summed E-state index contributed by atoms with van der Waals surface area (Å²) in [5, 5.41) is 1.17. The van der Waals surface area contributed by atoms with Gasteiger partial charge in [0.25, 0.3) is 0 Å². The van der Waals surface area contributed by atoms with Crippen LogP contribution in [-0.2, 0) is 10.3 Å². The third kappa shape index (κ3) is 1.21. The molecule has 0 aliphatic heterocycles. The minimum Gasteiger partial charge on any atom is -0.356 e. The number of rotatable bonds is 2. The molecule has 3 nitrogen and oxygen atoms in total. The third-order valence-corrected chi connectivity index (χ3v) is 3.01. The first-order valence-corrected chi connectivity index (χ1v) is 5.01. The van der Waals surface area contributed by atoms with Crippen LogP contribution in [0.1, 0.15) is 18.5 Å². The minimum atomic E-state index is -0.291. The minimum absolute atomic E-state index is 0.291. The second-order valence-electron chi connectivity index (χ2n) is 4.00. The summed E-state index contributed by atoms with van der Waals surface area (Å²) in [6.45, 7) is 0. The highest BCUT2D eigenvalue weighted by molar-refractivity contribution is 5.80. The number of carbonyl (C=O) groups excluding carboxylic acids is 1. The Kier molecular flexibility index (Phi) is 1.58. The number of isocyanates is 1. The molecule has 1 saturated carbocycles. The highest BCUT2D eigenvalue weighted by atomic mass is 16.1. The van der Waals surface area contributed by atoms with Crippen molar-refractivity contribution in [3.8, 4) is 0 Å². The number of H-pyrrole nitrogens is 1. The quantitative estimate of drug-likeness (QED) is 0.584. The molecular weight excluding hydrogens is 188 g/mol. The maximum atomic E-state index is 10.3. The molecule has 0 spiro atoms. The van der Waals surface area contributed by atoms with E-state index in [0.717, 1.165) is 24.1 Å². The molecule has 0 radical (unpaired) electrons. The number of aromatic nitrogens is 1. The lowest BCUT2D eigenvalue weighted by molar-refractivity contribution is 0.555. The van der Waals surface area contributed by atoms with E-state index in [2.05, 4.69) is 22.1 Å². The molecule has 15 heavy (non-hydrogen) atoms. The van der Waals surface area contributed by atoms with Crippen molar-refractivity contribution in [2.45, 2.75) is 18.4 Å². The Morgan fingerprint density at radius 3 is 2.80 bits per heavy atom. The average Bonchev–Trinajstić information content (AvgIpc) is 2.91. The standard InChI is InChI=1S/C12H10N2O/c15-8-13-12(5-6-12)11-7-9-3-1-2-4-10(9)14-11/h1-4,7,14H,5-6H2. The molecule has 2 aromatic rings. The number of hydrogen-bond donors (Lipinski definition) is 1. The predicted octanol–water partition coefficient (Wildman–Crippen LogP) is 2.49. The summed E-state index contributed by atoms with van der Waals surface area (Å²) in [7, 11) is 0. The van der Waals surface area contributed by atoms with Gasteiger partial charge < -0.3 is 4.98 Å². The van der Waals surface area contributed by atoms with Crippen LogP contribution in [0.15, 0.2) is 35.3 Å². The fourth-order valence-electron chi connectivity index (χ4n) is 1.97. The molecule has 1 aliphatic rings. The molecule has 3 rings (SSSR count). The molecule has 1 aromatic carbocycles. The molecule has 0 atom stereocenters. The van der Waals surface area contributed by atoms with E-state index in [1.165, 1.54) is 5.39 Å². The van der Waals surface area contributed by atoms with Crippen molar-refractivity contribution in [3.63, 3.8) is 0 Å². The van der Waals surface area contributed by atoms with Crippen LogP contribution in [0.3, 0.4) is 0 Å². The summed E-state index contributed by atoms with van der Waals surface area (Å²) in [5.41, 5.74) is 1.84. The zero-order valence-electron chi connectivity index (χ0n) is 8.16. The molecular formula is C12H10N2O. The van der Waals surface area contributed by atoms with Gasteiger partial charge in [-0.25, -0.2) is 4.79 Å². The number of fused-ring (bicyclic) bond motifs is 1. The van der Waals surface area contributed by atoms with Crippen molar-refractivity contribution in [1.29, 1.82) is 0 Å². The zero-order chi connectivity index (χ0) is 10.3. The lowest BCUT2D eigenvalue weighted by Gasteiger charge is -2.02. The Labute approximate surface area is 86.8 Å². The van der Waals surface area contributed by atoms with Gasteiger partial charge in [0.15, 0.2) is 0 Å². The molecule has 0 saturated heterocycles. The van der Waals surface area contributed by atoms with Crippen molar-refractivity contribution in [2.75, 3.05) is 0 Å². The number of nitrogens with one attached hydrogen (secondary N) is 1. The number of aliphatic imine (C=N–C) groups is 1. The van der Waals surface area contributed by atoms with Gasteiger partial charge in [0.05, 0.1) is 0 Å². The lowest BCUT2D eigenvalue weighted by atomic mass is 10.2. The maximum absolute atomic E-state index is 10.3. The SMILES string of the molecule is O=C=NC1(c2cc3ccccc3[nH]2)CC1. The smallest absolute Gasteiger partial charge is 0.235 e. The van der Waals surface area contributed by atoms with Gasteiger partial charge in [-0.3, -0.25) is 0 Å². The second kappa shape index (κ2) is 2.81. The Morgan fingerprint density at radius 2 is 2.13 bits per heavy atom. The van der Waals surface area contributed by atoms with Crippen molar-refractivity contribution < 1.29 is 4.79 Å². The van der Waals surface area contributed by atoms with E-state index in [-0.39, 0.29) is 5.54 Å². The molecule has 1 N–H and O–H groups in total. The van der Waals surface area contributed by atoms with E-state index in [9.17, 15) is 4.79 Å². The van der Waals surface area contributed by atoms with Crippen molar-refractivity contribution >= 4 is 17.0 Å². The number of aromatic amines is 1. The van der Waals surface area contributed by atoms with Gasteiger partial charge in [-0.2, -0.15) is 4.99 Å². The van der Waals surface area contributed by atoms with Gasteiger partial charge in [-0.15, -0.1) is 0 Å². The Bertz CT molecular complexity index is 527. The molecule has 0 amide bonds. The van der Waals surface area contributed by atoms with Gasteiger partial charge in [0.2, 0.25) is 6.08 Å². The topological polar surface area (TPSA) is 45.2 Å². The van der Waals surface area contributed by atoms with Crippen molar-refractivity contribution in [1.82, 2.24) is 4.98 Å². The Hall–Kier alpha value is -1.86. The molecule has 0 bridgehead atoms. The fourth-order valence-corrected chi connectivity index (χ4v) is 1.97. The molecule has 1 aliphatic carbocycles. The molecule has 74 valence electrons. The highest BCUT2D eigenvalue weighted by Gasteiger charge is 2.46. The second-order valence-corrected chi connectivity index (χ2v) is 4.00. The van der Waals surface area contributed by atoms with E-state index < -0.39 is 0 Å². The lowest BCUT2D eigenvalue weighted by Crippen LogP contribution is -2.01. The van der Waals surface area contributed by atoms with Gasteiger partial charge >= 0.3 is 0 Å². The largest absolute Gasteiger partial charge is 0.356 e.